The Labute approximate surface area is 95.0 Å². The zero-order chi connectivity index (χ0) is 12.1. The third-order valence-electron chi connectivity index (χ3n) is 2.21. The third-order valence-corrected chi connectivity index (χ3v) is 2.21. The van der Waals surface area contributed by atoms with Crippen LogP contribution in [0.2, 0.25) is 0 Å². The predicted molar refractivity (Wildman–Crippen MR) is 59.6 cm³/mol. The Morgan fingerprint density at radius 1 is 1.62 bits per heavy atom. The van der Waals surface area contributed by atoms with Gasteiger partial charge in [-0.2, -0.15) is 5.10 Å². The number of rotatable bonds is 6. The van der Waals surface area contributed by atoms with Gasteiger partial charge in [0.1, 0.15) is 0 Å². The monoisotopic (exact) mass is 226 g/mol. The van der Waals surface area contributed by atoms with E-state index in [2.05, 4.69) is 5.10 Å². The quantitative estimate of drug-likeness (QED) is 0.806. The molecular formula is C11H18N2O3. The van der Waals surface area contributed by atoms with Crippen LogP contribution in [-0.4, -0.2) is 27.0 Å². The van der Waals surface area contributed by atoms with Gasteiger partial charge in [0.2, 0.25) is 0 Å². The van der Waals surface area contributed by atoms with Crippen molar-refractivity contribution < 1.29 is 14.6 Å². The summed E-state index contributed by atoms with van der Waals surface area (Å²) >= 11 is 0. The molecule has 0 aliphatic heterocycles. The number of hydrogen-bond acceptors (Lipinski definition) is 3. The van der Waals surface area contributed by atoms with Crippen LogP contribution in [0.5, 0.6) is 5.75 Å². The van der Waals surface area contributed by atoms with Crippen LogP contribution in [0.4, 0.5) is 0 Å². The van der Waals surface area contributed by atoms with Crippen LogP contribution in [0.1, 0.15) is 39.7 Å². The fourth-order valence-corrected chi connectivity index (χ4v) is 1.32. The standard InChI is InChI=1S/C11H18N2O3/c1-4-5-10(11(14)15)16-9-6-12-13(7-9)8(2)3/h6-8,10H,4-5H2,1-3H3,(H,14,15). The Kier molecular flexibility index (Phi) is 4.34. The van der Waals surface area contributed by atoms with Crippen LogP contribution in [-0.2, 0) is 4.79 Å². The number of nitrogens with zero attached hydrogens (tertiary/aromatic N) is 2. The average Bonchev–Trinajstić information content (AvgIpc) is 2.65. The Morgan fingerprint density at radius 3 is 2.75 bits per heavy atom. The van der Waals surface area contributed by atoms with Crippen LogP contribution in [0.15, 0.2) is 12.4 Å². The van der Waals surface area contributed by atoms with Crippen molar-refractivity contribution in [2.75, 3.05) is 0 Å². The second-order valence-corrected chi connectivity index (χ2v) is 3.98. The summed E-state index contributed by atoms with van der Waals surface area (Å²) in [7, 11) is 0. The topological polar surface area (TPSA) is 64.4 Å². The number of carboxylic acid groups (broad SMARTS) is 1. The number of carbonyl (C=O) groups is 1. The molecule has 1 N–H and O–H groups in total. The molecule has 90 valence electrons. The van der Waals surface area contributed by atoms with E-state index in [1.54, 1.807) is 17.1 Å². The number of hydrogen-bond donors (Lipinski definition) is 1. The molecule has 1 aromatic heterocycles. The summed E-state index contributed by atoms with van der Waals surface area (Å²) in [5.74, 6) is -0.423. The van der Waals surface area contributed by atoms with Crippen molar-refractivity contribution in [1.29, 1.82) is 0 Å². The lowest BCUT2D eigenvalue weighted by molar-refractivity contribution is -0.145. The fraction of sp³-hybridized carbons (Fsp3) is 0.636. The number of aliphatic carboxylic acids is 1. The summed E-state index contributed by atoms with van der Waals surface area (Å²) in [6, 6.07) is 0.242. The SMILES string of the molecule is CCCC(Oc1cnn(C(C)C)c1)C(=O)O. The highest BCUT2D eigenvalue weighted by Gasteiger charge is 2.18. The van der Waals surface area contributed by atoms with Gasteiger partial charge in [-0.25, -0.2) is 4.79 Å². The minimum absolute atomic E-state index is 0.242. The molecule has 0 saturated heterocycles. The Bertz CT molecular complexity index is 347. The minimum Gasteiger partial charge on any atom is -0.479 e. The maximum absolute atomic E-state index is 10.9. The first-order chi connectivity index (χ1) is 7.54. The molecule has 0 saturated carbocycles. The highest BCUT2D eigenvalue weighted by atomic mass is 16.5. The van der Waals surface area contributed by atoms with Crippen molar-refractivity contribution in [2.24, 2.45) is 0 Å². The number of carboxylic acids is 1. The molecular weight excluding hydrogens is 208 g/mol. The average molecular weight is 226 g/mol. The normalized spacial score (nSPS) is 12.8. The van der Waals surface area contributed by atoms with Crippen LogP contribution in [0.3, 0.4) is 0 Å². The van der Waals surface area contributed by atoms with E-state index >= 15 is 0 Å². The maximum atomic E-state index is 10.9. The van der Waals surface area contributed by atoms with E-state index in [-0.39, 0.29) is 6.04 Å². The first kappa shape index (κ1) is 12.5. The highest BCUT2D eigenvalue weighted by molar-refractivity contribution is 5.72. The van der Waals surface area contributed by atoms with Crippen LogP contribution in [0.25, 0.3) is 0 Å². The van der Waals surface area contributed by atoms with E-state index < -0.39 is 12.1 Å². The van der Waals surface area contributed by atoms with E-state index in [4.69, 9.17) is 9.84 Å². The molecule has 5 heteroatoms. The largest absolute Gasteiger partial charge is 0.479 e. The van der Waals surface area contributed by atoms with Crippen molar-refractivity contribution in [2.45, 2.75) is 45.8 Å². The molecule has 5 nitrogen and oxygen atoms in total. The van der Waals surface area contributed by atoms with Gasteiger partial charge in [0.05, 0.1) is 12.4 Å². The van der Waals surface area contributed by atoms with Crippen molar-refractivity contribution in [3.63, 3.8) is 0 Å². The van der Waals surface area contributed by atoms with Crippen molar-refractivity contribution >= 4 is 5.97 Å². The lowest BCUT2D eigenvalue weighted by Gasteiger charge is -2.12. The van der Waals surface area contributed by atoms with Gasteiger partial charge in [0.15, 0.2) is 11.9 Å². The van der Waals surface area contributed by atoms with Gasteiger partial charge in [0.25, 0.3) is 0 Å². The number of ether oxygens (including phenoxy) is 1. The summed E-state index contributed by atoms with van der Waals surface area (Å²) in [5, 5.41) is 13.0. The lowest BCUT2D eigenvalue weighted by Crippen LogP contribution is -2.26. The first-order valence-corrected chi connectivity index (χ1v) is 5.48. The van der Waals surface area contributed by atoms with E-state index in [0.29, 0.717) is 12.2 Å². The van der Waals surface area contributed by atoms with Crippen molar-refractivity contribution in [3.8, 4) is 5.75 Å². The van der Waals surface area contributed by atoms with E-state index in [1.165, 1.54) is 0 Å². The molecule has 0 fully saturated rings. The van der Waals surface area contributed by atoms with E-state index in [9.17, 15) is 4.79 Å². The maximum Gasteiger partial charge on any atom is 0.344 e. The molecule has 1 rings (SSSR count). The van der Waals surface area contributed by atoms with Crippen LogP contribution >= 0.6 is 0 Å². The summed E-state index contributed by atoms with van der Waals surface area (Å²) < 4.78 is 7.10. The summed E-state index contributed by atoms with van der Waals surface area (Å²) in [6.45, 7) is 5.92. The molecule has 0 aliphatic rings. The molecule has 1 heterocycles. The smallest absolute Gasteiger partial charge is 0.344 e. The second-order valence-electron chi connectivity index (χ2n) is 3.98. The van der Waals surface area contributed by atoms with Gasteiger partial charge in [-0.1, -0.05) is 13.3 Å². The van der Waals surface area contributed by atoms with E-state index in [0.717, 1.165) is 6.42 Å². The molecule has 1 aromatic rings. The highest BCUT2D eigenvalue weighted by Crippen LogP contribution is 2.15. The Balaban J connectivity index is 2.66. The van der Waals surface area contributed by atoms with Crippen LogP contribution in [0, 0.1) is 0 Å². The van der Waals surface area contributed by atoms with Gasteiger partial charge < -0.3 is 9.84 Å². The van der Waals surface area contributed by atoms with E-state index in [1.807, 2.05) is 20.8 Å². The molecule has 0 bridgehead atoms. The predicted octanol–water partition coefficient (Wildman–Crippen LogP) is 2.10. The summed E-state index contributed by atoms with van der Waals surface area (Å²) in [4.78, 5) is 10.9. The van der Waals surface area contributed by atoms with Crippen LogP contribution < -0.4 is 4.74 Å². The molecule has 1 unspecified atom stereocenters. The first-order valence-electron chi connectivity index (χ1n) is 5.48. The second kappa shape index (κ2) is 5.53. The molecule has 16 heavy (non-hydrogen) atoms. The third kappa shape index (κ3) is 3.25. The summed E-state index contributed by atoms with van der Waals surface area (Å²) in [5.41, 5.74) is 0. The molecule has 1 atom stereocenters. The molecule has 0 aliphatic carbocycles. The Hall–Kier alpha value is -1.52. The summed E-state index contributed by atoms with van der Waals surface area (Å²) in [6.07, 6.45) is 3.76. The van der Waals surface area contributed by atoms with Gasteiger partial charge in [0, 0.05) is 6.04 Å². The molecule has 0 amide bonds. The van der Waals surface area contributed by atoms with Crippen molar-refractivity contribution in [1.82, 2.24) is 9.78 Å². The molecule has 0 aromatic carbocycles. The lowest BCUT2D eigenvalue weighted by atomic mass is 10.2. The molecule has 0 radical (unpaired) electrons. The fourth-order valence-electron chi connectivity index (χ4n) is 1.32. The van der Waals surface area contributed by atoms with Gasteiger partial charge in [-0.3, -0.25) is 4.68 Å². The van der Waals surface area contributed by atoms with Gasteiger partial charge >= 0.3 is 5.97 Å². The number of aromatic nitrogens is 2. The Morgan fingerprint density at radius 2 is 2.31 bits per heavy atom. The van der Waals surface area contributed by atoms with Gasteiger partial charge in [-0.05, 0) is 20.3 Å². The zero-order valence-corrected chi connectivity index (χ0v) is 9.88. The van der Waals surface area contributed by atoms with Crippen molar-refractivity contribution in [3.05, 3.63) is 12.4 Å². The van der Waals surface area contributed by atoms with Gasteiger partial charge in [-0.15, -0.1) is 0 Å². The zero-order valence-electron chi connectivity index (χ0n) is 9.88. The molecule has 0 spiro atoms. The minimum atomic E-state index is -0.931.